The third-order valence-electron chi connectivity index (χ3n) is 8.69. The normalized spacial score (nSPS) is 16.9. The van der Waals surface area contributed by atoms with E-state index in [4.69, 9.17) is 16.3 Å². The van der Waals surface area contributed by atoms with Crippen LogP contribution in [-0.4, -0.2) is 89.8 Å². The summed E-state index contributed by atoms with van der Waals surface area (Å²) in [6.07, 6.45) is -0.785. The van der Waals surface area contributed by atoms with Crippen molar-refractivity contribution in [1.29, 1.82) is 0 Å². The molecule has 2 amide bonds. The maximum atomic E-state index is 14.3. The highest BCUT2D eigenvalue weighted by molar-refractivity contribution is 6.33. The van der Waals surface area contributed by atoms with Gasteiger partial charge < -0.3 is 29.5 Å². The van der Waals surface area contributed by atoms with Gasteiger partial charge in [-0.25, -0.2) is 9.97 Å². The first-order chi connectivity index (χ1) is 23.8. The van der Waals surface area contributed by atoms with E-state index in [0.717, 1.165) is 28.3 Å². The molecule has 0 spiro atoms. The molecule has 1 atom stereocenters. The number of carbonyl (C=O) groups excluding carboxylic acids is 2. The number of aromatic nitrogens is 6. The predicted molar refractivity (Wildman–Crippen MR) is 176 cm³/mol. The minimum Gasteiger partial charge on any atom is -0.504 e. The van der Waals surface area contributed by atoms with E-state index in [1.54, 1.807) is 11.5 Å². The van der Waals surface area contributed by atoms with Crippen molar-refractivity contribution in [2.24, 2.45) is 0 Å². The molecule has 1 aromatic carbocycles. The molecule has 0 aliphatic carbocycles. The summed E-state index contributed by atoms with van der Waals surface area (Å²) in [5.41, 5.74) is 0.201. The fourth-order valence-electron chi connectivity index (χ4n) is 6.14. The van der Waals surface area contributed by atoms with E-state index in [-0.39, 0.29) is 71.9 Å². The highest BCUT2D eigenvalue weighted by Gasteiger charge is 2.34. The highest BCUT2D eigenvalue weighted by atomic mass is 35.5. The molecule has 6 rings (SSSR count). The highest BCUT2D eigenvalue weighted by Crippen LogP contribution is 2.34. The van der Waals surface area contributed by atoms with Gasteiger partial charge >= 0.3 is 6.18 Å². The van der Waals surface area contributed by atoms with Crippen molar-refractivity contribution in [3.05, 3.63) is 74.4 Å². The van der Waals surface area contributed by atoms with Crippen LogP contribution >= 0.6 is 11.6 Å². The Hall–Kier alpha value is -5.03. The van der Waals surface area contributed by atoms with Crippen LogP contribution in [0.1, 0.15) is 53.5 Å². The first kappa shape index (κ1) is 34.8. The van der Waals surface area contributed by atoms with E-state index in [1.165, 1.54) is 11.2 Å². The van der Waals surface area contributed by atoms with Crippen molar-refractivity contribution in [2.75, 3.05) is 43.1 Å². The van der Waals surface area contributed by atoms with Gasteiger partial charge in [-0.2, -0.15) is 22.7 Å². The topological polar surface area (TPSA) is 160 Å². The number of hydrogen-bond donors (Lipinski definition) is 2. The minimum atomic E-state index is -4.61. The lowest BCUT2D eigenvalue weighted by Gasteiger charge is -2.41. The summed E-state index contributed by atoms with van der Waals surface area (Å²) < 4.78 is 47.7. The van der Waals surface area contributed by atoms with Crippen LogP contribution in [0, 0.1) is 6.92 Å². The van der Waals surface area contributed by atoms with E-state index in [9.17, 15) is 32.7 Å². The van der Waals surface area contributed by atoms with Crippen molar-refractivity contribution in [1.82, 2.24) is 34.0 Å². The molecule has 0 radical (unpaired) electrons. The van der Waals surface area contributed by atoms with Gasteiger partial charge in [-0.3, -0.25) is 14.4 Å². The number of aromatic hydroxyl groups is 1. The number of piperazine rings is 1. The van der Waals surface area contributed by atoms with E-state index < -0.39 is 35.2 Å². The van der Waals surface area contributed by atoms with Crippen LogP contribution in [0.25, 0.3) is 11.4 Å². The molecule has 1 saturated heterocycles. The summed E-state index contributed by atoms with van der Waals surface area (Å²) >= 11 is 6.12. The average molecular weight is 716 g/mol. The molecule has 0 bridgehead atoms. The van der Waals surface area contributed by atoms with Crippen molar-refractivity contribution in [3.63, 3.8) is 0 Å². The number of carbonyl (C=O) groups is 2. The first-order valence-electron chi connectivity index (χ1n) is 15.8. The summed E-state index contributed by atoms with van der Waals surface area (Å²) in [7, 11) is 0. The first-order valence-corrected chi connectivity index (χ1v) is 16.2. The molecule has 1 unspecified atom stereocenters. The van der Waals surface area contributed by atoms with Gasteiger partial charge in [0.1, 0.15) is 18.6 Å². The number of hydrogen-bond acceptors (Lipinski definition) is 10. The number of aryl methyl sites for hydroxylation is 1. The standard InChI is InChI=1S/C32H33ClF3N9O5/c1-4-23-26(43-10-9-42(14-17(43)2)29(48)25-27(47)18(3)37-16-38-25)30(49)45-31(40-28(41-45)19-7-11-50-12-8-19)44(23)15-24(46)39-22-6-5-20(13-21(22)33)32(34,35)36/h5-7,13,16-17,47H,4,8-12,14-15H2,1-3H3,(H,39,46). The van der Waals surface area contributed by atoms with Crippen LogP contribution in [0.2, 0.25) is 5.02 Å². The van der Waals surface area contributed by atoms with Crippen molar-refractivity contribution in [3.8, 4) is 5.75 Å². The molecule has 5 heterocycles. The molecule has 2 aliphatic rings. The van der Waals surface area contributed by atoms with Crippen LogP contribution in [0.4, 0.5) is 24.5 Å². The third-order valence-corrected chi connectivity index (χ3v) is 9.01. The summed E-state index contributed by atoms with van der Waals surface area (Å²) in [5.74, 6) is -1.01. The maximum absolute atomic E-state index is 14.3. The zero-order valence-corrected chi connectivity index (χ0v) is 28.0. The van der Waals surface area contributed by atoms with Gasteiger partial charge in [-0.1, -0.05) is 24.6 Å². The number of ether oxygens (including phenoxy) is 1. The molecule has 14 nitrogen and oxygen atoms in total. The van der Waals surface area contributed by atoms with Crippen LogP contribution in [0.15, 0.2) is 35.4 Å². The summed E-state index contributed by atoms with van der Waals surface area (Å²) in [5, 5.41) is 17.2. The van der Waals surface area contributed by atoms with Crippen LogP contribution in [0.5, 0.6) is 5.75 Å². The van der Waals surface area contributed by atoms with Gasteiger partial charge in [-0.15, -0.1) is 5.10 Å². The monoisotopic (exact) mass is 715 g/mol. The van der Waals surface area contributed by atoms with Gasteiger partial charge in [0.25, 0.3) is 11.5 Å². The van der Waals surface area contributed by atoms with E-state index in [2.05, 4.69) is 25.4 Å². The third kappa shape index (κ3) is 6.61. The SMILES string of the molecule is CCc1c(N2CCN(C(=O)c3ncnc(C)c3O)CC2C)c(=O)n2nc(C3=CCOCC3)nc2n1CC(=O)Nc1ccc(C(F)(F)F)cc1Cl. The molecule has 18 heteroatoms. The Morgan fingerprint density at radius 2 is 1.98 bits per heavy atom. The number of amides is 2. The molecule has 264 valence electrons. The quantitative estimate of drug-likeness (QED) is 0.289. The van der Waals surface area contributed by atoms with Gasteiger partial charge in [-0.05, 0) is 50.5 Å². The van der Waals surface area contributed by atoms with Gasteiger partial charge in [0.15, 0.2) is 17.3 Å². The molecule has 0 saturated carbocycles. The molecule has 2 N–H and O–H groups in total. The fraction of sp³-hybridized carbons (Fsp3) is 0.406. The molecular weight excluding hydrogens is 683 g/mol. The number of nitrogens with one attached hydrogen (secondary N) is 1. The van der Waals surface area contributed by atoms with E-state index >= 15 is 0 Å². The van der Waals surface area contributed by atoms with Crippen LogP contribution in [-0.2, 0) is 28.7 Å². The van der Waals surface area contributed by atoms with E-state index in [1.807, 2.05) is 24.8 Å². The zero-order chi connectivity index (χ0) is 35.9. The van der Waals surface area contributed by atoms with Crippen molar-refractivity contribution in [2.45, 2.75) is 52.4 Å². The number of fused-ring (bicyclic) bond motifs is 1. The lowest BCUT2D eigenvalue weighted by molar-refractivity contribution is -0.137. The summed E-state index contributed by atoms with van der Waals surface area (Å²) in [4.78, 5) is 57.1. The Labute approximate surface area is 288 Å². The van der Waals surface area contributed by atoms with Gasteiger partial charge in [0, 0.05) is 25.7 Å². The molecule has 1 fully saturated rings. The lowest BCUT2D eigenvalue weighted by atomic mass is 10.1. The maximum Gasteiger partial charge on any atom is 0.416 e. The Morgan fingerprint density at radius 3 is 2.64 bits per heavy atom. The fourth-order valence-corrected chi connectivity index (χ4v) is 6.37. The van der Waals surface area contributed by atoms with Gasteiger partial charge in [0.05, 0.1) is 40.9 Å². The number of nitrogens with zero attached hydrogens (tertiary/aromatic N) is 8. The smallest absolute Gasteiger partial charge is 0.416 e. The second-order valence-electron chi connectivity index (χ2n) is 11.9. The number of rotatable bonds is 7. The second-order valence-corrected chi connectivity index (χ2v) is 12.3. The zero-order valence-electron chi connectivity index (χ0n) is 27.3. The largest absolute Gasteiger partial charge is 0.504 e. The molecular formula is C32H33ClF3N9O5. The minimum absolute atomic E-state index is 0.0196. The summed E-state index contributed by atoms with van der Waals surface area (Å²) in [6, 6.07) is 2.23. The molecule has 50 heavy (non-hydrogen) atoms. The van der Waals surface area contributed by atoms with Gasteiger partial charge in [0.2, 0.25) is 11.7 Å². The predicted octanol–water partition coefficient (Wildman–Crippen LogP) is 3.72. The number of alkyl halides is 3. The number of anilines is 2. The number of halogens is 4. The Balaban J connectivity index is 1.37. The molecule has 3 aromatic heterocycles. The Morgan fingerprint density at radius 1 is 1.20 bits per heavy atom. The van der Waals surface area contributed by atoms with Crippen LogP contribution in [0.3, 0.4) is 0 Å². The lowest BCUT2D eigenvalue weighted by Crippen LogP contribution is -2.55. The average Bonchev–Trinajstić information content (AvgIpc) is 3.54. The second kappa shape index (κ2) is 13.7. The summed E-state index contributed by atoms with van der Waals surface area (Å²) in [6.45, 7) is 6.24. The number of benzene rings is 1. The van der Waals surface area contributed by atoms with E-state index in [0.29, 0.717) is 31.2 Å². The molecule has 4 aromatic rings. The van der Waals surface area contributed by atoms with Crippen LogP contribution < -0.4 is 15.8 Å². The van der Waals surface area contributed by atoms with Crippen molar-refractivity contribution >= 4 is 46.1 Å². The Bertz CT molecular complexity index is 2080. The Kier molecular flexibility index (Phi) is 9.54. The van der Waals surface area contributed by atoms with Crippen molar-refractivity contribution < 1.29 is 32.6 Å². The molecule has 2 aliphatic heterocycles.